The molecule has 16 rings (SSSR count). The number of fused-ring (bicyclic) bond motifs is 14. The van der Waals surface area contributed by atoms with Gasteiger partial charge in [0.25, 0.3) is 0 Å². The fourth-order valence-corrected chi connectivity index (χ4v) is 16.5. The molecule has 0 saturated heterocycles. The fourth-order valence-electron chi connectivity index (χ4n) is 12.5. The average molecular weight is 952 g/mol. The van der Waals surface area contributed by atoms with E-state index in [2.05, 4.69) is 198 Å². The Morgan fingerprint density at radius 1 is 0.400 bits per heavy atom. The van der Waals surface area contributed by atoms with Gasteiger partial charge in [-0.05, 0) is 84.3 Å². The van der Waals surface area contributed by atoms with Gasteiger partial charge in [-0.2, -0.15) is 0 Å². The van der Waals surface area contributed by atoms with Gasteiger partial charge in [-0.15, -0.1) is 0 Å². The molecule has 5 aliphatic heterocycles. The Morgan fingerprint density at radius 2 is 0.857 bits per heavy atom. The summed E-state index contributed by atoms with van der Waals surface area (Å²) in [6, 6.07) is 57.5. The van der Waals surface area contributed by atoms with Gasteiger partial charge in [0.15, 0.2) is 11.2 Å². The van der Waals surface area contributed by atoms with Crippen LogP contribution in [-0.4, -0.2) is 13.4 Å². The quantitative estimate of drug-likeness (QED) is 0.160. The molecule has 0 radical (unpaired) electrons. The van der Waals surface area contributed by atoms with Crippen LogP contribution in [-0.2, 0) is 10.8 Å². The fraction of sp³-hybridized carbons (Fsp3) is 0.129. The first-order valence-electron chi connectivity index (χ1n) is 24.5. The first kappa shape index (κ1) is 40.3. The molecular formula is C62H43B2NO2S3. The Morgan fingerprint density at radius 3 is 1.30 bits per heavy atom. The summed E-state index contributed by atoms with van der Waals surface area (Å²) in [5.74, 6) is 0. The van der Waals surface area contributed by atoms with Crippen molar-refractivity contribution in [3.8, 4) is 22.3 Å². The molecule has 11 aromatic rings. The van der Waals surface area contributed by atoms with E-state index in [9.17, 15) is 0 Å². The van der Waals surface area contributed by atoms with Crippen LogP contribution in [0.25, 0.3) is 66.1 Å². The van der Waals surface area contributed by atoms with Crippen molar-refractivity contribution >= 4 is 142 Å². The lowest BCUT2D eigenvalue weighted by atomic mass is 9.30. The Hall–Kier alpha value is -6.44. The average Bonchev–Trinajstić information content (AvgIpc) is 3.94. The van der Waals surface area contributed by atoms with Crippen molar-refractivity contribution in [2.45, 2.75) is 81.7 Å². The minimum Gasteiger partial charge on any atom is -0.455 e. The zero-order valence-corrected chi connectivity index (χ0v) is 42.0. The molecule has 0 N–H and O–H groups in total. The summed E-state index contributed by atoms with van der Waals surface area (Å²) >= 11 is 5.80. The summed E-state index contributed by atoms with van der Waals surface area (Å²) in [7, 11) is 0. The Kier molecular flexibility index (Phi) is 7.89. The van der Waals surface area contributed by atoms with E-state index in [1.807, 2.05) is 35.3 Å². The van der Waals surface area contributed by atoms with Gasteiger partial charge in [0.1, 0.15) is 11.2 Å². The van der Waals surface area contributed by atoms with Gasteiger partial charge in [-0.3, -0.25) is 0 Å². The molecule has 0 spiro atoms. The molecule has 332 valence electrons. The highest BCUT2D eigenvalue weighted by molar-refractivity contribution is 8.01. The van der Waals surface area contributed by atoms with Gasteiger partial charge in [0, 0.05) is 46.8 Å². The normalized spacial score (nSPS) is 14.7. The van der Waals surface area contributed by atoms with Gasteiger partial charge in [-0.1, -0.05) is 221 Å². The number of anilines is 3. The number of furan rings is 2. The standard InChI is InChI=1S/C62H43B2NO2S3/c1-61(2,3)34-23-25-38-40-29-44-52-59(55(40)66-46(38)27-34)70-60-53-45(30-41-39-26-24-35(62(4,5)6)28-47(39)67-56(41)60)64-43-22-14-20-37(33-17-11-8-12-18-33)58(43)69-49-31-48-50(54(51(49)64)65(52)53)63(44)42-21-13-19-36(57(42)68-48)32-15-9-7-10-16-32/h7-31H,1-6H3. The summed E-state index contributed by atoms with van der Waals surface area (Å²) in [6.07, 6.45) is 0. The molecule has 0 fully saturated rings. The van der Waals surface area contributed by atoms with Crippen molar-refractivity contribution in [3.05, 3.63) is 163 Å². The van der Waals surface area contributed by atoms with Crippen molar-refractivity contribution in [2.24, 2.45) is 0 Å². The summed E-state index contributed by atoms with van der Waals surface area (Å²) in [4.78, 5) is 10.4. The first-order chi connectivity index (χ1) is 34.0. The zero-order valence-electron chi connectivity index (χ0n) is 39.6. The number of benzene rings is 9. The maximum Gasteiger partial charge on any atom is 0.249 e. The lowest BCUT2D eigenvalue weighted by molar-refractivity contribution is 0.587. The highest BCUT2D eigenvalue weighted by atomic mass is 32.2. The van der Waals surface area contributed by atoms with E-state index in [-0.39, 0.29) is 24.3 Å². The van der Waals surface area contributed by atoms with Crippen LogP contribution in [0.1, 0.15) is 52.7 Å². The third-order valence-electron chi connectivity index (χ3n) is 15.9. The summed E-state index contributed by atoms with van der Waals surface area (Å²) < 4.78 is 14.6. The second-order valence-corrected chi connectivity index (χ2v) is 25.0. The van der Waals surface area contributed by atoms with Crippen molar-refractivity contribution in [2.75, 3.05) is 4.90 Å². The lowest BCUT2D eigenvalue weighted by Crippen LogP contribution is -2.68. The highest BCUT2D eigenvalue weighted by Gasteiger charge is 2.53. The monoisotopic (exact) mass is 951 g/mol. The van der Waals surface area contributed by atoms with Gasteiger partial charge >= 0.3 is 0 Å². The molecular weight excluding hydrogens is 909 g/mol. The van der Waals surface area contributed by atoms with E-state index in [1.54, 1.807) is 0 Å². The third-order valence-corrected chi connectivity index (χ3v) is 19.5. The summed E-state index contributed by atoms with van der Waals surface area (Å²) in [5, 5.41) is 4.65. The Balaban J connectivity index is 1.07. The van der Waals surface area contributed by atoms with Crippen molar-refractivity contribution in [3.63, 3.8) is 0 Å². The van der Waals surface area contributed by atoms with E-state index in [4.69, 9.17) is 8.83 Å². The molecule has 0 atom stereocenters. The third kappa shape index (κ3) is 5.24. The minimum absolute atomic E-state index is 0.000520. The van der Waals surface area contributed by atoms with Crippen molar-refractivity contribution in [1.82, 2.24) is 0 Å². The van der Waals surface area contributed by atoms with Crippen molar-refractivity contribution in [1.29, 1.82) is 0 Å². The zero-order chi connectivity index (χ0) is 46.7. The number of rotatable bonds is 2. The molecule has 8 heteroatoms. The topological polar surface area (TPSA) is 29.5 Å². The maximum atomic E-state index is 7.28. The van der Waals surface area contributed by atoms with Crippen LogP contribution in [0.5, 0.6) is 0 Å². The van der Waals surface area contributed by atoms with Crippen LogP contribution in [0.2, 0.25) is 0 Å². The molecule has 2 aromatic heterocycles. The molecule has 0 bridgehead atoms. The van der Waals surface area contributed by atoms with E-state index in [0.29, 0.717) is 0 Å². The first-order valence-corrected chi connectivity index (χ1v) is 26.9. The second kappa shape index (κ2) is 13.7. The number of hydrogen-bond acceptors (Lipinski definition) is 6. The minimum atomic E-state index is -0.0234. The predicted molar refractivity (Wildman–Crippen MR) is 299 cm³/mol. The number of hydrogen-bond donors (Lipinski definition) is 0. The molecule has 5 aliphatic rings. The van der Waals surface area contributed by atoms with Gasteiger partial charge in [0.05, 0.1) is 21.2 Å². The maximum absolute atomic E-state index is 7.28. The van der Waals surface area contributed by atoms with E-state index >= 15 is 0 Å². The van der Waals surface area contributed by atoms with Gasteiger partial charge < -0.3 is 13.7 Å². The summed E-state index contributed by atoms with van der Waals surface area (Å²) in [6.45, 7) is 13.7. The lowest BCUT2D eigenvalue weighted by Gasteiger charge is -2.50. The number of nitrogens with zero attached hydrogens (tertiary/aromatic N) is 1. The van der Waals surface area contributed by atoms with Crippen LogP contribution < -0.4 is 37.7 Å². The van der Waals surface area contributed by atoms with E-state index in [0.717, 1.165) is 33.1 Å². The van der Waals surface area contributed by atoms with Crippen molar-refractivity contribution < 1.29 is 8.83 Å². The van der Waals surface area contributed by atoms with Gasteiger partial charge in [0.2, 0.25) is 13.4 Å². The van der Waals surface area contributed by atoms with Crippen LogP contribution in [0, 0.1) is 0 Å². The van der Waals surface area contributed by atoms with Crippen LogP contribution >= 0.6 is 35.3 Å². The molecule has 0 unspecified atom stereocenters. The van der Waals surface area contributed by atoms with Crippen LogP contribution in [0.3, 0.4) is 0 Å². The molecule has 0 amide bonds. The van der Waals surface area contributed by atoms with Crippen LogP contribution in [0.4, 0.5) is 17.1 Å². The smallest absolute Gasteiger partial charge is 0.249 e. The molecule has 0 saturated carbocycles. The molecule has 0 aliphatic carbocycles. The Bertz CT molecular complexity index is 3930. The van der Waals surface area contributed by atoms with E-state index in [1.165, 1.54) is 123 Å². The molecule has 70 heavy (non-hydrogen) atoms. The second-order valence-electron chi connectivity index (χ2n) is 21.9. The Labute approximate surface area is 420 Å². The van der Waals surface area contributed by atoms with Crippen LogP contribution in [0.15, 0.2) is 190 Å². The molecule has 3 nitrogen and oxygen atoms in total. The molecule has 9 aromatic carbocycles. The molecule has 7 heterocycles. The largest absolute Gasteiger partial charge is 0.455 e. The highest BCUT2D eigenvalue weighted by Crippen LogP contribution is 2.60. The SMILES string of the molecule is CC(C)(C)c1ccc2c(c1)oc1c3c4c(cc12)B1c2cccc(-c5ccccc5)c2Sc2cc5c6c(c21)N4c1c(cc2c(oc4cc(C(C)(C)C)ccc42)c1S3)B6c1cccc(-c2ccccc2)c1S5. The predicted octanol–water partition coefficient (Wildman–Crippen LogP) is 13.9. The van der Waals surface area contributed by atoms with Gasteiger partial charge in [-0.25, -0.2) is 0 Å². The summed E-state index contributed by atoms with van der Waals surface area (Å²) in [5.41, 5.74) is 23.4. The van der Waals surface area contributed by atoms with E-state index < -0.39 is 0 Å².